The van der Waals surface area contributed by atoms with Gasteiger partial charge in [0, 0.05) is 19.3 Å². The standard InChI is InChI=1S/C14H19N5O/c1-3-11-5-4-6-12(9-11)18(2)14(20)13-10-19(8-7-15)17-16-13/h4-6,9-10H,3,7-8,15H2,1-2H3. The summed E-state index contributed by atoms with van der Waals surface area (Å²) < 4.78 is 1.57. The predicted octanol–water partition coefficient (Wildman–Crippen LogP) is 1.08. The molecule has 106 valence electrons. The SMILES string of the molecule is CCc1cccc(N(C)C(=O)c2cn(CCN)nn2)c1. The smallest absolute Gasteiger partial charge is 0.280 e. The molecule has 0 fully saturated rings. The molecule has 1 aromatic heterocycles. The number of hydrogen-bond acceptors (Lipinski definition) is 4. The number of nitrogens with two attached hydrogens (primary N) is 1. The third-order valence-electron chi connectivity index (χ3n) is 3.13. The van der Waals surface area contributed by atoms with Crippen molar-refractivity contribution in [3.63, 3.8) is 0 Å². The number of anilines is 1. The van der Waals surface area contributed by atoms with E-state index < -0.39 is 0 Å². The maximum atomic E-state index is 12.3. The van der Waals surface area contributed by atoms with Crippen molar-refractivity contribution >= 4 is 11.6 Å². The Hall–Kier alpha value is -2.21. The van der Waals surface area contributed by atoms with Crippen LogP contribution in [0, 0.1) is 0 Å². The highest BCUT2D eigenvalue weighted by Crippen LogP contribution is 2.17. The van der Waals surface area contributed by atoms with Crippen LogP contribution in [-0.2, 0) is 13.0 Å². The fourth-order valence-electron chi connectivity index (χ4n) is 1.91. The second-order valence-electron chi connectivity index (χ2n) is 4.54. The summed E-state index contributed by atoms with van der Waals surface area (Å²) in [6, 6.07) is 7.89. The first-order chi connectivity index (χ1) is 9.65. The van der Waals surface area contributed by atoms with Crippen LogP contribution in [0.3, 0.4) is 0 Å². The summed E-state index contributed by atoms with van der Waals surface area (Å²) in [6.45, 7) is 3.10. The maximum absolute atomic E-state index is 12.3. The van der Waals surface area contributed by atoms with E-state index in [1.165, 1.54) is 5.56 Å². The zero-order valence-electron chi connectivity index (χ0n) is 11.8. The molecule has 0 atom stereocenters. The van der Waals surface area contributed by atoms with Crippen molar-refractivity contribution in [3.8, 4) is 0 Å². The minimum atomic E-state index is -0.179. The summed E-state index contributed by atoms with van der Waals surface area (Å²) >= 11 is 0. The van der Waals surface area contributed by atoms with Crippen LogP contribution in [0.1, 0.15) is 23.0 Å². The Morgan fingerprint density at radius 1 is 1.45 bits per heavy atom. The van der Waals surface area contributed by atoms with Crippen LogP contribution < -0.4 is 10.6 Å². The van der Waals surface area contributed by atoms with Crippen molar-refractivity contribution in [2.24, 2.45) is 5.73 Å². The first kappa shape index (κ1) is 14.2. The van der Waals surface area contributed by atoms with Gasteiger partial charge in [-0.15, -0.1) is 5.10 Å². The molecular weight excluding hydrogens is 254 g/mol. The van der Waals surface area contributed by atoms with Crippen molar-refractivity contribution in [3.05, 3.63) is 41.7 Å². The molecule has 6 heteroatoms. The van der Waals surface area contributed by atoms with Gasteiger partial charge in [-0.3, -0.25) is 9.48 Å². The van der Waals surface area contributed by atoms with Gasteiger partial charge in [-0.05, 0) is 24.1 Å². The van der Waals surface area contributed by atoms with Gasteiger partial charge in [0.25, 0.3) is 5.91 Å². The van der Waals surface area contributed by atoms with Crippen LogP contribution in [-0.4, -0.2) is 34.5 Å². The average Bonchev–Trinajstić information content (AvgIpc) is 2.95. The van der Waals surface area contributed by atoms with Gasteiger partial charge in [0.15, 0.2) is 5.69 Å². The lowest BCUT2D eigenvalue weighted by atomic mass is 10.1. The van der Waals surface area contributed by atoms with Gasteiger partial charge in [0.05, 0.1) is 12.7 Å². The van der Waals surface area contributed by atoms with Gasteiger partial charge in [-0.1, -0.05) is 24.3 Å². The van der Waals surface area contributed by atoms with Crippen LogP contribution in [0.25, 0.3) is 0 Å². The molecule has 1 amide bonds. The molecule has 0 saturated carbocycles. The quantitative estimate of drug-likeness (QED) is 0.884. The largest absolute Gasteiger partial charge is 0.329 e. The number of rotatable bonds is 5. The predicted molar refractivity (Wildman–Crippen MR) is 77.6 cm³/mol. The molecule has 0 radical (unpaired) electrons. The average molecular weight is 273 g/mol. The van der Waals surface area contributed by atoms with E-state index in [1.807, 2.05) is 24.3 Å². The van der Waals surface area contributed by atoms with E-state index in [0.29, 0.717) is 18.8 Å². The topological polar surface area (TPSA) is 77.0 Å². The summed E-state index contributed by atoms with van der Waals surface area (Å²) in [5.41, 5.74) is 7.81. The third-order valence-corrected chi connectivity index (χ3v) is 3.13. The van der Waals surface area contributed by atoms with Gasteiger partial charge < -0.3 is 10.6 Å². The van der Waals surface area contributed by atoms with E-state index in [9.17, 15) is 4.79 Å². The lowest BCUT2D eigenvalue weighted by Crippen LogP contribution is -2.26. The van der Waals surface area contributed by atoms with E-state index in [1.54, 1.807) is 22.8 Å². The fourth-order valence-corrected chi connectivity index (χ4v) is 1.91. The molecule has 1 aromatic carbocycles. The Morgan fingerprint density at radius 3 is 2.95 bits per heavy atom. The highest BCUT2D eigenvalue weighted by molar-refractivity contribution is 6.04. The van der Waals surface area contributed by atoms with Crippen LogP contribution >= 0.6 is 0 Å². The number of carbonyl (C=O) groups is 1. The molecular formula is C14H19N5O. The second-order valence-corrected chi connectivity index (χ2v) is 4.54. The number of aromatic nitrogens is 3. The molecule has 0 aliphatic carbocycles. The summed E-state index contributed by atoms with van der Waals surface area (Å²) in [5.74, 6) is -0.179. The van der Waals surface area contributed by atoms with Crippen molar-refractivity contribution in [2.45, 2.75) is 19.9 Å². The monoisotopic (exact) mass is 273 g/mol. The molecule has 0 aliphatic heterocycles. The van der Waals surface area contributed by atoms with Crippen molar-refractivity contribution < 1.29 is 4.79 Å². The van der Waals surface area contributed by atoms with Crippen LogP contribution in [0.5, 0.6) is 0 Å². The zero-order valence-corrected chi connectivity index (χ0v) is 11.8. The lowest BCUT2D eigenvalue weighted by Gasteiger charge is -2.16. The van der Waals surface area contributed by atoms with Crippen molar-refractivity contribution in [1.82, 2.24) is 15.0 Å². The summed E-state index contributed by atoms with van der Waals surface area (Å²) in [7, 11) is 1.74. The molecule has 20 heavy (non-hydrogen) atoms. The van der Waals surface area contributed by atoms with E-state index in [0.717, 1.165) is 12.1 Å². The maximum Gasteiger partial charge on any atom is 0.280 e. The number of aryl methyl sites for hydroxylation is 1. The molecule has 0 unspecified atom stereocenters. The van der Waals surface area contributed by atoms with Crippen LogP contribution in [0.2, 0.25) is 0 Å². The molecule has 0 aliphatic rings. The van der Waals surface area contributed by atoms with Gasteiger partial charge >= 0.3 is 0 Å². The molecule has 2 aromatic rings. The van der Waals surface area contributed by atoms with E-state index in [-0.39, 0.29) is 5.91 Å². The van der Waals surface area contributed by atoms with Crippen molar-refractivity contribution in [1.29, 1.82) is 0 Å². The fraction of sp³-hybridized carbons (Fsp3) is 0.357. The van der Waals surface area contributed by atoms with E-state index in [2.05, 4.69) is 17.2 Å². The van der Waals surface area contributed by atoms with Gasteiger partial charge in [-0.2, -0.15) is 0 Å². The number of benzene rings is 1. The Kier molecular flexibility index (Phi) is 4.47. The van der Waals surface area contributed by atoms with Crippen LogP contribution in [0.4, 0.5) is 5.69 Å². The number of amides is 1. The Balaban J connectivity index is 2.18. The summed E-state index contributed by atoms with van der Waals surface area (Å²) in [6.07, 6.45) is 2.55. The van der Waals surface area contributed by atoms with Gasteiger partial charge in [0.1, 0.15) is 0 Å². The molecule has 6 nitrogen and oxygen atoms in total. The Labute approximate surface area is 118 Å². The molecule has 0 spiro atoms. The number of carbonyl (C=O) groups excluding carboxylic acids is 1. The second kappa shape index (κ2) is 6.29. The van der Waals surface area contributed by atoms with Crippen LogP contribution in [0.15, 0.2) is 30.5 Å². The minimum absolute atomic E-state index is 0.179. The van der Waals surface area contributed by atoms with E-state index in [4.69, 9.17) is 5.73 Å². The molecule has 2 N–H and O–H groups in total. The minimum Gasteiger partial charge on any atom is -0.329 e. The lowest BCUT2D eigenvalue weighted by molar-refractivity contribution is 0.0988. The Morgan fingerprint density at radius 2 is 2.25 bits per heavy atom. The first-order valence-electron chi connectivity index (χ1n) is 6.63. The Bertz CT molecular complexity index is 593. The number of nitrogens with zero attached hydrogens (tertiary/aromatic N) is 4. The number of hydrogen-bond donors (Lipinski definition) is 1. The van der Waals surface area contributed by atoms with E-state index >= 15 is 0 Å². The molecule has 2 rings (SSSR count). The highest BCUT2D eigenvalue weighted by Gasteiger charge is 2.17. The van der Waals surface area contributed by atoms with Gasteiger partial charge in [-0.25, -0.2) is 0 Å². The third kappa shape index (κ3) is 3.03. The first-order valence-corrected chi connectivity index (χ1v) is 6.63. The molecule has 0 saturated heterocycles. The van der Waals surface area contributed by atoms with Gasteiger partial charge in [0.2, 0.25) is 0 Å². The highest BCUT2D eigenvalue weighted by atomic mass is 16.2. The molecule has 0 bridgehead atoms. The van der Waals surface area contributed by atoms with Crippen molar-refractivity contribution in [2.75, 3.05) is 18.5 Å². The normalized spacial score (nSPS) is 10.6. The summed E-state index contributed by atoms with van der Waals surface area (Å²) in [4.78, 5) is 13.9. The summed E-state index contributed by atoms with van der Waals surface area (Å²) in [5, 5.41) is 7.77. The molecule has 1 heterocycles. The zero-order chi connectivity index (χ0) is 14.5.